The summed E-state index contributed by atoms with van der Waals surface area (Å²) in [4.78, 5) is 34.0. The van der Waals surface area contributed by atoms with Gasteiger partial charge in [-0.05, 0) is 78.9 Å². The van der Waals surface area contributed by atoms with Gasteiger partial charge in [-0.15, -0.1) is 0 Å². The number of halogens is 2. The average Bonchev–Trinajstić information content (AvgIpc) is 4.07. The van der Waals surface area contributed by atoms with Crippen LogP contribution in [-0.4, -0.2) is 45.2 Å². The number of furan rings is 2. The van der Waals surface area contributed by atoms with Crippen molar-refractivity contribution in [3.8, 4) is 34.3 Å². The number of fused-ring (bicyclic) bond motifs is 2. The summed E-state index contributed by atoms with van der Waals surface area (Å²) in [6.45, 7) is -0.397. The molecule has 0 fully saturated rings. The maximum atomic E-state index is 12.9. The summed E-state index contributed by atoms with van der Waals surface area (Å²) in [5.74, 6) is 1.32. The van der Waals surface area contributed by atoms with Gasteiger partial charge in [-0.25, -0.2) is 0 Å². The Morgan fingerprint density at radius 1 is 0.609 bits per heavy atom. The van der Waals surface area contributed by atoms with Gasteiger partial charge in [-0.3, -0.25) is 19.6 Å². The van der Waals surface area contributed by atoms with Crippen LogP contribution < -0.4 is 20.1 Å². The standard InChI is InChI=1S/C28H21ClN2O4.C22H17ClN2O4/c29-22-16-21(28(33)27-20(22)12-7-15-30-27)26(31-25(32)17-34-19-10-5-2-6-11-19)24-14-13-23(35-24)18-8-3-1-4-9-18;23-18-11-17(22(27)21-16(18)7-4-9-24-21)20(14-8-10-28-12-14)25-19(26)13-29-15-5-2-1-3-6-15/h1-16,26,33H,17H2,(H,31,32);1-12,20,27H,13H2,(H,25,26). The molecule has 0 aliphatic heterocycles. The fraction of sp³-hybridized carbons (Fsp3) is 0.0800. The van der Waals surface area contributed by atoms with Gasteiger partial charge in [0.05, 0.1) is 28.6 Å². The molecule has 12 nitrogen and oxygen atoms in total. The predicted molar refractivity (Wildman–Crippen MR) is 244 cm³/mol. The first kappa shape index (κ1) is 42.9. The minimum Gasteiger partial charge on any atom is -0.505 e. The van der Waals surface area contributed by atoms with Crippen molar-refractivity contribution in [1.82, 2.24) is 20.6 Å². The number of nitrogens with zero attached hydrogens (tertiary/aromatic N) is 2. The Labute approximate surface area is 376 Å². The fourth-order valence-electron chi connectivity index (χ4n) is 6.94. The van der Waals surface area contributed by atoms with Crippen molar-refractivity contribution in [1.29, 1.82) is 0 Å². The molecule has 0 spiro atoms. The zero-order valence-electron chi connectivity index (χ0n) is 33.7. The quantitative estimate of drug-likeness (QED) is 0.0874. The number of amides is 2. The maximum absolute atomic E-state index is 12.9. The largest absolute Gasteiger partial charge is 0.505 e. The minimum atomic E-state index is -0.830. The van der Waals surface area contributed by atoms with E-state index < -0.39 is 18.0 Å². The molecule has 64 heavy (non-hydrogen) atoms. The van der Waals surface area contributed by atoms with Crippen LogP contribution in [0.1, 0.15) is 34.5 Å². The fourth-order valence-corrected chi connectivity index (χ4v) is 7.48. The molecule has 4 aromatic heterocycles. The van der Waals surface area contributed by atoms with Crippen molar-refractivity contribution >= 4 is 56.8 Å². The van der Waals surface area contributed by atoms with Gasteiger partial charge in [0.2, 0.25) is 0 Å². The lowest BCUT2D eigenvalue weighted by molar-refractivity contribution is -0.124. The van der Waals surface area contributed by atoms with Crippen LogP contribution >= 0.6 is 23.2 Å². The molecule has 9 rings (SSSR count). The number of aromatic hydroxyl groups is 2. The highest BCUT2D eigenvalue weighted by atomic mass is 35.5. The Bertz CT molecular complexity index is 3010. The van der Waals surface area contributed by atoms with Crippen molar-refractivity contribution in [3.05, 3.63) is 203 Å². The Morgan fingerprint density at radius 3 is 1.62 bits per heavy atom. The summed E-state index contributed by atoms with van der Waals surface area (Å²) >= 11 is 12.9. The number of hydrogen-bond acceptors (Lipinski definition) is 10. The summed E-state index contributed by atoms with van der Waals surface area (Å²) in [6, 6.07) is 41.7. The van der Waals surface area contributed by atoms with Crippen molar-refractivity contribution < 1.29 is 38.1 Å². The van der Waals surface area contributed by atoms with E-state index in [0.29, 0.717) is 71.6 Å². The van der Waals surface area contributed by atoms with E-state index in [1.807, 2.05) is 72.8 Å². The van der Waals surface area contributed by atoms with Crippen LogP contribution in [0.2, 0.25) is 10.0 Å². The molecule has 320 valence electrons. The van der Waals surface area contributed by atoms with E-state index in [1.165, 1.54) is 12.5 Å². The molecule has 4 heterocycles. The Hall–Kier alpha value is -7.80. The third-order valence-electron chi connectivity index (χ3n) is 10.00. The first-order valence-corrected chi connectivity index (χ1v) is 20.6. The molecule has 2 atom stereocenters. The normalized spacial score (nSPS) is 11.8. The molecule has 2 unspecified atom stereocenters. The lowest BCUT2D eigenvalue weighted by Crippen LogP contribution is -2.33. The smallest absolute Gasteiger partial charge is 0.258 e. The maximum Gasteiger partial charge on any atom is 0.258 e. The number of hydrogen-bond donors (Lipinski definition) is 4. The molecule has 0 bridgehead atoms. The van der Waals surface area contributed by atoms with Gasteiger partial charge in [0, 0.05) is 45.4 Å². The molecular formula is C50H38Cl2N4O8. The predicted octanol–water partition coefficient (Wildman–Crippen LogP) is 10.6. The van der Waals surface area contributed by atoms with Crippen LogP contribution in [0.15, 0.2) is 179 Å². The van der Waals surface area contributed by atoms with Gasteiger partial charge in [-0.2, -0.15) is 0 Å². The second-order valence-corrected chi connectivity index (χ2v) is 15.0. The number of carbonyl (C=O) groups excluding carboxylic acids is 2. The summed E-state index contributed by atoms with van der Waals surface area (Å²) in [5.41, 5.74) is 3.01. The van der Waals surface area contributed by atoms with E-state index in [9.17, 15) is 19.8 Å². The van der Waals surface area contributed by atoms with Gasteiger partial charge < -0.3 is 39.2 Å². The number of phenolic OH excluding ortho intramolecular Hbond substituents is 2. The number of benzene rings is 5. The van der Waals surface area contributed by atoms with Crippen LogP contribution in [0.25, 0.3) is 33.1 Å². The third kappa shape index (κ3) is 9.94. The molecule has 0 saturated carbocycles. The molecule has 0 aliphatic rings. The average molecular weight is 894 g/mol. The van der Waals surface area contributed by atoms with E-state index in [1.54, 1.807) is 85.2 Å². The number of ether oxygens (including phenoxy) is 2. The lowest BCUT2D eigenvalue weighted by Gasteiger charge is -2.20. The van der Waals surface area contributed by atoms with E-state index in [0.717, 1.165) is 5.56 Å². The zero-order chi connectivity index (χ0) is 44.4. The number of phenols is 2. The molecule has 2 amide bonds. The van der Waals surface area contributed by atoms with Crippen molar-refractivity contribution in [2.45, 2.75) is 12.1 Å². The van der Waals surface area contributed by atoms with Crippen LogP contribution in [-0.2, 0) is 9.59 Å². The highest BCUT2D eigenvalue weighted by Crippen LogP contribution is 2.40. The Balaban J connectivity index is 0.000000178. The molecule has 14 heteroatoms. The van der Waals surface area contributed by atoms with E-state index in [2.05, 4.69) is 20.6 Å². The number of aromatic nitrogens is 2. The number of nitrogens with one attached hydrogen (secondary N) is 2. The highest BCUT2D eigenvalue weighted by Gasteiger charge is 2.27. The van der Waals surface area contributed by atoms with Gasteiger partial charge in [-0.1, -0.05) is 89.9 Å². The van der Waals surface area contributed by atoms with Gasteiger partial charge in [0.1, 0.15) is 51.6 Å². The SMILES string of the molecule is O=C(COc1ccccc1)NC(c1ccc(-c2ccccc2)o1)c1cc(Cl)c2cccnc2c1O.O=C(COc1ccccc1)NC(c1ccoc1)c1cc(Cl)c2cccnc2c1O. The molecule has 5 aromatic carbocycles. The monoisotopic (exact) mass is 892 g/mol. The molecule has 0 aliphatic carbocycles. The van der Waals surface area contributed by atoms with Crippen LogP contribution in [0.3, 0.4) is 0 Å². The summed E-state index contributed by atoms with van der Waals surface area (Å²) in [7, 11) is 0. The van der Waals surface area contributed by atoms with Gasteiger partial charge in [0.25, 0.3) is 11.8 Å². The number of pyridine rings is 2. The second-order valence-electron chi connectivity index (χ2n) is 14.2. The van der Waals surface area contributed by atoms with Crippen LogP contribution in [0, 0.1) is 0 Å². The number of para-hydroxylation sites is 2. The number of rotatable bonds is 13. The lowest BCUT2D eigenvalue weighted by atomic mass is 9.98. The minimum absolute atomic E-state index is 0.0551. The zero-order valence-corrected chi connectivity index (χ0v) is 35.2. The highest BCUT2D eigenvalue weighted by molar-refractivity contribution is 6.36. The first-order valence-electron chi connectivity index (χ1n) is 19.9. The second kappa shape index (κ2) is 19.9. The van der Waals surface area contributed by atoms with Crippen molar-refractivity contribution in [2.75, 3.05) is 13.2 Å². The molecular weight excluding hydrogens is 855 g/mol. The molecule has 0 radical (unpaired) electrons. The van der Waals surface area contributed by atoms with E-state index in [-0.39, 0.29) is 30.6 Å². The molecule has 0 saturated heterocycles. The molecule has 9 aromatic rings. The Kier molecular flexibility index (Phi) is 13.4. The van der Waals surface area contributed by atoms with E-state index in [4.69, 9.17) is 41.5 Å². The Morgan fingerprint density at radius 2 is 1.11 bits per heavy atom. The third-order valence-corrected chi connectivity index (χ3v) is 10.6. The summed E-state index contributed by atoms with van der Waals surface area (Å²) in [6.07, 6.45) is 6.14. The summed E-state index contributed by atoms with van der Waals surface area (Å²) in [5, 5.41) is 29.8. The first-order chi connectivity index (χ1) is 31.2. The van der Waals surface area contributed by atoms with Gasteiger partial charge >= 0.3 is 0 Å². The number of carbonyl (C=O) groups is 2. The molecule has 4 N–H and O–H groups in total. The summed E-state index contributed by atoms with van der Waals surface area (Å²) < 4.78 is 22.4. The van der Waals surface area contributed by atoms with Crippen LogP contribution in [0.5, 0.6) is 23.0 Å². The topological polar surface area (TPSA) is 169 Å². The van der Waals surface area contributed by atoms with Crippen molar-refractivity contribution in [3.63, 3.8) is 0 Å². The van der Waals surface area contributed by atoms with Crippen molar-refractivity contribution in [2.24, 2.45) is 0 Å². The van der Waals surface area contributed by atoms with E-state index >= 15 is 0 Å². The van der Waals surface area contributed by atoms with Gasteiger partial charge in [0.15, 0.2) is 13.2 Å². The van der Waals surface area contributed by atoms with Crippen LogP contribution in [0.4, 0.5) is 0 Å².